The van der Waals surface area contributed by atoms with E-state index < -0.39 is 17.5 Å². The number of aliphatic carboxylic acids is 1. The summed E-state index contributed by atoms with van der Waals surface area (Å²) in [5, 5.41) is 19.7. The number of aliphatic hydroxyl groups is 1. The van der Waals surface area contributed by atoms with E-state index in [0.717, 1.165) is 5.56 Å². The lowest BCUT2D eigenvalue weighted by Gasteiger charge is -2.33. The minimum absolute atomic E-state index is 0.366. The summed E-state index contributed by atoms with van der Waals surface area (Å²) in [5.41, 5.74) is -0.835. The van der Waals surface area contributed by atoms with Gasteiger partial charge in [0.1, 0.15) is 5.75 Å². The predicted octanol–water partition coefficient (Wildman–Crippen LogP) is 2.35. The van der Waals surface area contributed by atoms with Crippen molar-refractivity contribution in [3.05, 3.63) is 29.8 Å². The van der Waals surface area contributed by atoms with Gasteiger partial charge >= 0.3 is 5.97 Å². The van der Waals surface area contributed by atoms with Gasteiger partial charge in [-0.3, -0.25) is 0 Å². The number of para-hydroxylation sites is 1. The average Bonchev–Trinajstić information content (AvgIpc) is 2.37. The molecule has 0 aliphatic carbocycles. The predicted molar refractivity (Wildman–Crippen MR) is 73.3 cm³/mol. The molecule has 1 aromatic carbocycles. The van der Waals surface area contributed by atoms with Crippen LogP contribution >= 0.6 is 0 Å². The van der Waals surface area contributed by atoms with Crippen LogP contribution in [0.2, 0.25) is 0 Å². The van der Waals surface area contributed by atoms with Crippen molar-refractivity contribution < 1.29 is 19.7 Å². The summed E-state index contributed by atoms with van der Waals surface area (Å²) in [6.45, 7) is 5.18. The molecule has 4 nitrogen and oxygen atoms in total. The molecule has 19 heavy (non-hydrogen) atoms. The summed E-state index contributed by atoms with van der Waals surface area (Å²) in [6, 6.07) is 7.45. The minimum Gasteiger partial charge on any atom is -0.496 e. The highest BCUT2D eigenvalue weighted by Crippen LogP contribution is 2.31. The molecule has 0 amide bonds. The van der Waals surface area contributed by atoms with Crippen LogP contribution in [0.15, 0.2) is 24.3 Å². The van der Waals surface area contributed by atoms with Crippen molar-refractivity contribution >= 4 is 5.97 Å². The van der Waals surface area contributed by atoms with E-state index in [2.05, 4.69) is 0 Å². The number of hydrogen-bond donors (Lipinski definition) is 2. The fraction of sp³-hybridized carbons (Fsp3) is 0.533. The molecule has 0 fully saturated rings. The average molecular weight is 266 g/mol. The third kappa shape index (κ3) is 3.07. The van der Waals surface area contributed by atoms with Crippen molar-refractivity contribution in [3.8, 4) is 5.75 Å². The summed E-state index contributed by atoms with van der Waals surface area (Å²) in [7, 11) is 1.58. The zero-order valence-corrected chi connectivity index (χ0v) is 11.9. The first kappa shape index (κ1) is 15.5. The van der Waals surface area contributed by atoms with E-state index in [4.69, 9.17) is 4.74 Å². The molecule has 0 spiro atoms. The van der Waals surface area contributed by atoms with E-state index in [1.165, 1.54) is 0 Å². The Morgan fingerprint density at radius 3 is 2.37 bits per heavy atom. The molecular formula is C15H22O4. The van der Waals surface area contributed by atoms with Crippen molar-refractivity contribution in [2.45, 2.75) is 32.8 Å². The van der Waals surface area contributed by atoms with E-state index in [1.54, 1.807) is 27.9 Å². The standard InChI is InChI=1S/C15H22O4/c1-10(2)15(18,14(16)17)11(3)9-12-7-5-6-8-13(12)19-4/h5-8,10-11,18H,9H2,1-4H3,(H,16,17). The molecule has 2 N–H and O–H groups in total. The second kappa shape index (κ2) is 6.06. The van der Waals surface area contributed by atoms with E-state index >= 15 is 0 Å². The smallest absolute Gasteiger partial charge is 0.336 e. The van der Waals surface area contributed by atoms with Gasteiger partial charge in [0.05, 0.1) is 7.11 Å². The van der Waals surface area contributed by atoms with Crippen LogP contribution in [0.3, 0.4) is 0 Å². The monoisotopic (exact) mass is 266 g/mol. The molecule has 0 aliphatic rings. The van der Waals surface area contributed by atoms with Crippen molar-refractivity contribution in [3.63, 3.8) is 0 Å². The molecule has 0 saturated carbocycles. The molecule has 0 aliphatic heterocycles. The molecular weight excluding hydrogens is 244 g/mol. The summed E-state index contributed by atoms with van der Waals surface area (Å²) in [6.07, 6.45) is 0.449. The van der Waals surface area contributed by atoms with Crippen LogP contribution < -0.4 is 4.74 Å². The summed E-state index contributed by atoms with van der Waals surface area (Å²) in [5.74, 6) is -1.24. The molecule has 0 saturated heterocycles. The van der Waals surface area contributed by atoms with Gasteiger partial charge in [-0.15, -0.1) is 0 Å². The molecule has 4 heteroatoms. The molecule has 1 aromatic rings. The van der Waals surface area contributed by atoms with Gasteiger partial charge in [0.25, 0.3) is 0 Å². The van der Waals surface area contributed by atoms with E-state index in [0.29, 0.717) is 12.2 Å². The maximum atomic E-state index is 11.4. The number of rotatable bonds is 6. The molecule has 0 heterocycles. The zero-order chi connectivity index (χ0) is 14.6. The van der Waals surface area contributed by atoms with Gasteiger partial charge in [-0.1, -0.05) is 39.0 Å². The highest BCUT2D eigenvalue weighted by atomic mass is 16.5. The van der Waals surface area contributed by atoms with Gasteiger partial charge in [-0.05, 0) is 24.0 Å². The quantitative estimate of drug-likeness (QED) is 0.829. The normalized spacial score (nSPS) is 15.9. The van der Waals surface area contributed by atoms with Gasteiger partial charge in [0.2, 0.25) is 0 Å². The van der Waals surface area contributed by atoms with Crippen LogP contribution in [0.4, 0.5) is 0 Å². The van der Waals surface area contributed by atoms with Gasteiger partial charge in [-0.2, -0.15) is 0 Å². The van der Waals surface area contributed by atoms with Crippen molar-refractivity contribution in [1.29, 1.82) is 0 Å². The zero-order valence-electron chi connectivity index (χ0n) is 11.9. The Morgan fingerprint density at radius 1 is 1.32 bits per heavy atom. The van der Waals surface area contributed by atoms with Crippen LogP contribution in [0, 0.1) is 11.8 Å². The molecule has 2 atom stereocenters. The lowest BCUT2D eigenvalue weighted by atomic mass is 9.76. The van der Waals surface area contributed by atoms with Crippen molar-refractivity contribution in [2.24, 2.45) is 11.8 Å². The fourth-order valence-corrected chi connectivity index (χ4v) is 2.38. The topological polar surface area (TPSA) is 66.8 Å². The van der Waals surface area contributed by atoms with Crippen LogP contribution in [0.25, 0.3) is 0 Å². The lowest BCUT2D eigenvalue weighted by molar-refractivity contribution is -0.170. The molecule has 0 radical (unpaired) electrons. The first-order valence-electron chi connectivity index (χ1n) is 6.41. The molecule has 0 bridgehead atoms. The maximum Gasteiger partial charge on any atom is 0.336 e. The van der Waals surface area contributed by atoms with E-state index in [-0.39, 0.29) is 5.92 Å². The minimum atomic E-state index is -1.74. The summed E-state index contributed by atoms with van der Waals surface area (Å²) < 4.78 is 5.25. The van der Waals surface area contributed by atoms with Crippen molar-refractivity contribution in [2.75, 3.05) is 7.11 Å². The van der Waals surface area contributed by atoms with Gasteiger partial charge in [0.15, 0.2) is 5.60 Å². The van der Waals surface area contributed by atoms with Gasteiger partial charge in [-0.25, -0.2) is 4.79 Å². The summed E-state index contributed by atoms with van der Waals surface area (Å²) >= 11 is 0. The highest BCUT2D eigenvalue weighted by Gasteiger charge is 2.44. The highest BCUT2D eigenvalue weighted by molar-refractivity contribution is 5.78. The Balaban J connectivity index is 3.00. The number of benzene rings is 1. The Bertz CT molecular complexity index is 442. The van der Waals surface area contributed by atoms with Crippen molar-refractivity contribution in [1.82, 2.24) is 0 Å². The number of carboxylic acids is 1. The Morgan fingerprint density at radius 2 is 1.89 bits per heavy atom. The first-order chi connectivity index (χ1) is 8.83. The van der Waals surface area contributed by atoms with Crippen LogP contribution in [-0.2, 0) is 11.2 Å². The Kier molecular flexibility index (Phi) is 4.95. The third-order valence-electron chi connectivity index (χ3n) is 3.69. The van der Waals surface area contributed by atoms with Crippen LogP contribution in [-0.4, -0.2) is 28.9 Å². The van der Waals surface area contributed by atoms with Gasteiger partial charge < -0.3 is 14.9 Å². The maximum absolute atomic E-state index is 11.4. The number of methoxy groups -OCH3 is 1. The molecule has 106 valence electrons. The lowest BCUT2D eigenvalue weighted by Crippen LogP contribution is -2.50. The second-order valence-corrected chi connectivity index (χ2v) is 5.20. The number of carboxylic acid groups (broad SMARTS) is 1. The second-order valence-electron chi connectivity index (χ2n) is 5.20. The SMILES string of the molecule is COc1ccccc1CC(C)C(O)(C(=O)O)C(C)C. The fourth-order valence-electron chi connectivity index (χ4n) is 2.38. The molecule has 1 rings (SSSR count). The number of hydrogen-bond acceptors (Lipinski definition) is 3. The molecule has 2 unspecified atom stereocenters. The van der Waals surface area contributed by atoms with E-state index in [1.807, 2.05) is 24.3 Å². The largest absolute Gasteiger partial charge is 0.496 e. The summed E-state index contributed by atoms with van der Waals surface area (Å²) in [4.78, 5) is 11.4. The Hall–Kier alpha value is -1.55. The van der Waals surface area contributed by atoms with Crippen LogP contribution in [0.1, 0.15) is 26.3 Å². The third-order valence-corrected chi connectivity index (χ3v) is 3.69. The number of ether oxygens (including phenoxy) is 1. The van der Waals surface area contributed by atoms with Gasteiger partial charge in [0, 0.05) is 5.92 Å². The molecule has 0 aromatic heterocycles. The number of carbonyl (C=O) groups is 1. The van der Waals surface area contributed by atoms with E-state index in [9.17, 15) is 15.0 Å². The Labute approximate surface area is 114 Å². The first-order valence-corrected chi connectivity index (χ1v) is 6.41. The van der Waals surface area contributed by atoms with Crippen LogP contribution in [0.5, 0.6) is 5.75 Å².